The molecule has 2 aromatic rings. The van der Waals surface area contributed by atoms with Gasteiger partial charge in [-0.1, -0.05) is 48.0 Å². The zero-order chi connectivity index (χ0) is 13.8. The molecule has 0 aliphatic carbocycles. The molecular formula is C17H16O2. The predicted octanol–water partition coefficient (Wildman–Crippen LogP) is 4.07. The second kappa shape index (κ2) is 5.53. The molecule has 0 radical (unpaired) electrons. The number of carbonyl (C=O) groups is 1. The summed E-state index contributed by atoms with van der Waals surface area (Å²) in [5.41, 5.74) is 5.72. The smallest absolute Gasteiger partial charge is 0.328 e. The molecule has 0 bridgehead atoms. The normalized spacial score (nSPS) is 10.8. The van der Waals surface area contributed by atoms with Crippen molar-refractivity contribution in [3.05, 3.63) is 65.2 Å². The fourth-order valence-corrected chi connectivity index (χ4v) is 1.99. The van der Waals surface area contributed by atoms with Gasteiger partial charge < -0.3 is 5.11 Å². The SMILES string of the molecule is Cc1ccc(C)c(-c2ccc(/C=C/C(=O)O)cc2)c1. The van der Waals surface area contributed by atoms with Crippen LogP contribution in [0, 0.1) is 13.8 Å². The van der Waals surface area contributed by atoms with Crippen molar-refractivity contribution in [1.82, 2.24) is 0 Å². The summed E-state index contributed by atoms with van der Waals surface area (Å²) in [6.07, 6.45) is 2.74. The molecule has 2 heteroatoms. The molecule has 0 heterocycles. The highest BCUT2D eigenvalue weighted by molar-refractivity contribution is 5.85. The lowest BCUT2D eigenvalue weighted by atomic mass is 9.97. The molecule has 96 valence electrons. The molecule has 0 aliphatic rings. The Labute approximate surface area is 113 Å². The summed E-state index contributed by atoms with van der Waals surface area (Å²) in [6, 6.07) is 14.3. The van der Waals surface area contributed by atoms with E-state index in [1.807, 2.05) is 24.3 Å². The number of hydrogen-bond acceptors (Lipinski definition) is 1. The van der Waals surface area contributed by atoms with Gasteiger partial charge in [-0.2, -0.15) is 0 Å². The Morgan fingerprint density at radius 3 is 2.37 bits per heavy atom. The Morgan fingerprint density at radius 2 is 1.74 bits per heavy atom. The fraction of sp³-hybridized carbons (Fsp3) is 0.118. The number of benzene rings is 2. The molecule has 2 nitrogen and oxygen atoms in total. The van der Waals surface area contributed by atoms with Crippen LogP contribution in [-0.2, 0) is 4.79 Å². The molecule has 0 aliphatic heterocycles. The lowest BCUT2D eigenvalue weighted by Gasteiger charge is -2.07. The molecule has 0 unspecified atom stereocenters. The summed E-state index contributed by atoms with van der Waals surface area (Å²) in [5.74, 6) is -0.932. The average Bonchev–Trinajstić information content (AvgIpc) is 2.40. The molecule has 0 amide bonds. The molecule has 0 fully saturated rings. The van der Waals surface area contributed by atoms with Crippen LogP contribution in [0.4, 0.5) is 0 Å². The Balaban J connectivity index is 2.32. The van der Waals surface area contributed by atoms with Gasteiger partial charge in [0, 0.05) is 6.08 Å². The van der Waals surface area contributed by atoms with Crippen LogP contribution in [0.3, 0.4) is 0 Å². The molecule has 0 saturated heterocycles. The van der Waals surface area contributed by atoms with Crippen LogP contribution in [0.25, 0.3) is 17.2 Å². The van der Waals surface area contributed by atoms with E-state index in [4.69, 9.17) is 5.11 Å². The zero-order valence-corrected chi connectivity index (χ0v) is 11.1. The van der Waals surface area contributed by atoms with Crippen LogP contribution in [0.2, 0.25) is 0 Å². The summed E-state index contributed by atoms with van der Waals surface area (Å²) in [4.78, 5) is 10.5. The van der Waals surface area contributed by atoms with Crippen molar-refractivity contribution in [2.75, 3.05) is 0 Å². The van der Waals surface area contributed by atoms with Crippen molar-refractivity contribution in [1.29, 1.82) is 0 Å². The first-order chi connectivity index (χ1) is 9.06. The highest BCUT2D eigenvalue weighted by Gasteiger charge is 2.02. The molecule has 0 spiro atoms. The molecule has 0 saturated carbocycles. The van der Waals surface area contributed by atoms with E-state index in [2.05, 4.69) is 32.0 Å². The number of hydrogen-bond donors (Lipinski definition) is 1. The molecule has 0 aromatic heterocycles. The first kappa shape index (κ1) is 13.1. The monoisotopic (exact) mass is 252 g/mol. The number of aliphatic carboxylic acids is 1. The average molecular weight is 252 g/mol. The third-order valence-electron chi connectivity index (χ3n) is 3.03. The first-order valence-corrected chi connectivity index (χ1v) is 6.15. The highest BCUT2D eigenvalue weighted by Crippen LogP contribution is 2.25. The molecular weight excluding hydrogens is 236 g/mol. The fourth-order valence-electron chi connectivity index (χ4n) is 1.99. The van der Waals surface area contributed by atoms with Gasteiger partial charge in [0.1, 0.15) is 0 Å². The van der Waals surface area contributed by atoms with Crippen LogP contribution < -0.4 is 0 Å². The van der Waals surface area contributed by atoms with Crippen LogP contribution in [0.5, 0.6) is 0 Å². The largest absolute Gasteiger partial charge is 0.478 e. The van der Waals surface area contributed by atoms with Crippen molar-refractivity contribution in [2.24, 2.45) is 0 Å². The van der Waals surface area contributed by atoms with Gasteiger partial charge in [-0.25, -0.2) is 4.79 Å². The van der Waals surface area contributed by atoms with Gasteiger partial charge in [0.2, 0.25) is 0 Å². The van der Waals surface area contributed by atoms with Crippen molar-refractivity contribution >= 4 is 12.0 Å². The number of rotatable bonds is 3. The van der Waals surface area contributed by atoms with Gasteiger partial charge in [0.05, 0.1) is 0 Å². The van der Waals surface area contributed by atoms with Crippen LogP contribution in [-0.4, -0.2) is 11.1 Å². The molecule has 1 N–H and O–H groups in total. The minimum absolute atomic E-state index is 0.886. The van der Waals surface area contributed by atoms with Crippen LogP contribution in [0.15, 0.2) is 48.5 Å². The summed E-state index contributed by atoms with van der Waals surface area (Å²) < 4.78 is 0. The van der Waals surface area contributed by atoms with E-state index >= 15 is 0 Å². The van der Waals surface area contributed by atoms with Crippen molar-refractivity contribution in [3.63, 3.8) is 0 Å². The minimum atomic E-state index is -0.932. The maximum atomic E-state index is 10.5. The lowest BCUT2D eigenvalue weighted by molar-refractivity contribution is -0.131. The summed E-state index contributed by atoms with van der Waals surface area (Å²) in [5, 5.41) is 8.59. The Kier molecular flexibility index (Phi) is 3.81. The van der Waals surface area contributed by atoms with E-state index in [9.17, 15) is 4.79 Å². The highest BCUT2D eigenvalue weighted by atomic mass is 16.4. The summed E-state index contributed by atoms with van der Waals surface area (Å²) in [6.45, 7) is 4.17. The van der Waals surface area contributed by atoms with Gasteiger partial charge in [-0.3, -0.25) is 0 Å². The van der Waals surface area contributed by atoms with Crippen LogP contribution >= 0.6 is 0 Å². The van der Waals surface area contributed by atoms with Gasteiger partial charge in [0.15, 0.2) is 0 Å². The second-order valence-corrected chi connectivity index (χ2v) is 4.61. The summed E-state index contributed by atoms with van der Waals surface area (Å²) in [7, 11) is 0. The van der Waals surface area contributed by atoms with E-state index in [0.29, 0.717) is 0 Å². The standard InChI is InChI=1S/C17H16O2/c1-12-3-4-13(2)16(11-12)15-8-5-14(6-9-15)7-10-17(18)19/h3-11H,1-2H3,(H,18,19)/b10-7+. The third-order valence-corrected chi connectivity index (χ3v) is 3.03. The lowest BCUT2D eigenvalue weighted by Crippen LogP contribution is -1.87. The van der Waals surface area contributed by atoms with Gasteiger partial charge in [-0.05, 0) is 42.2 Å². The maximum Gasteiger partial charge on any atom is 0.328 e. The molecule has 19 heavy (non-hydrogen) atoms. The number of carboxylic acids is 1. The van der Waals surface area contributed by atoms with Gasteiger partial charge in [-0.15, -0.1) is 0 Å². The zero-order valence-electron chi connectivity index (χ0n) is 11.1. The van der Waals surface area contributed by atoms with Crippen molar-refractivity contribution in [3.8, 4) is 11.1 Å². The topological polar surface area (TPSA) is 37.3 Å². The Bertz CT molecular complexity index is 622. The molecule has 0 atom stereocenters. The Hall–Kier alpha value is -2.35. The van der Waals surface area contributed by atoms with Gasteiger partial charge in [0.25, 0.3) is 0 Å². The first-order valence-electron chi connectivity index (χ1n) is 6.15. The quantitative estimate of drug-likeness (QED) is 0.836. The van der Waals surface area contributed by atoms with E-state index in [1.54, 1.807) is 6.08 Å². The molecule has 2 rings (SSSR count). The second-order valence-electron chi connectivity index (χ2n) is 4.61. The summed E-state index contributed by atoms with van der Waals surface area (Å²) >= 11 is 0. The Morgan fingerprint density at radius 1 is 1.05 bits per heavy atom. The van der Waals surface area contributed by atoms with E-state index in [0.717, 1.165) is 17.2 Å². The van der Waals surface area contributed by atoms with E-state index in [1.165, 1.54) is 16.7 Å². The minimum Gasteiger partial charge on any atom is -0.478 e. The van der Waals surface area contributed by atoms with Crippen molar-refractivity contribution in [2.45, 2.75) is 13.8 Å². The van der Waals surface area contributed by atoms with E-state index < -0.39 is 5.97 Å². The number of carboxylic acid groups (broad SMARTS) is 1. The van der Waals surface area contributed by atoms with Crippen molar-refractivity contribution < 1.29 is 9.90 Å². The van der Waals surface area contributed by atoms with Gasteiger partial charge >= 0.3 is 5.97 Å². The maximum absolute atomic E-state index is 10.5. The number of aryl methyl sites for hydroxylation is 2. The third kappa shape index (κ3) is 3.32. The van der Waals surface area contributed by atoms with Crippen LogP contribution in [0.1, 0.15) is 16.7 Å². The predicted molar refractivity (Wildman–Crippen MR) is 78.0 cm³/mol. The van der Waals surface area contributed by atoms with E-state index in [-0.39, 0.29) is 0 Å². The molecule has 2 aromatic carbocycles.